The average Bonchev–Trinajstić information content (AvgIpc) is 3.06. The van der Waals surface area contributed by atoms with Crippen LogP contribution < -0.4 is 25.4 Å². The number of para-hydroxylation sites is 1. The van der Waals surface area contributed by atoms with E-state index in [1.807, 2.05) is 49.4 Å². The van der Waals surface area contributed by atoms with E-state index >= 15 is 0 Å². The van der Waals surface area contributed by atoms with Gasteiger partial charge in [0, 0.05) is 30.6 Å². The Morgan fingerprint density at radius 3 is 2.39 bits per heavy atom. The molecule has 0 aliphatic carbocycles. The molecule has 0 saturated carbocycles. The number of rotatable bonds is 8. The van der Waals surface area contributed by atoms with Gasteiger partial charge in [-0.3, -0.25) is 4.79 Å². The first kappa shape index (κ1) is 32.1. The van der Waals surface area contributed by atoms with Gasteiger partial charge in [-0.05, 0) is 54.8 Å². The van der Waals surface area contributed by atoms with Crippen LogP contribution in [0.1, 0.15) is 24.2 Å². The number of hydrogen-bond donors (Lipinski definition) is 4. The normalized spacial score (nSPS) is 16.7. The molecule has 5 amide bonds. The van der Waals surface area contributed by atoms with E-state index in [0.29, 0.717) is 22.8 Å². The number of hydrogen-bond acceptors (Lipinski definition) is 6. The third-order valence-electron chi connectivity index (χ3n) is 8.12. The number of benzene rings is 4. The molecule has 0 aromatic heterocycles. The molecule has 240 valence electrons. The minimum absolute atomic E-state index is 0.175. The van der Waals surface area contributed by atoms with Crippen molar-refractivity contribution in [3.63, 3.8) is 0 Å². The van der Waals surface area contributed by atoms with E-state index in [1.54, 1.807) is 68.4 Å². The number of amides is 5. The third-order valence-corrected chi connectivity index (χ3v) is 8.12. The van der Waals surface area contributed by atoms with Gasteiger partial charge in [-0.1, -0.05) is 49.4 Å². The third kappa shape index (κ3) is 7.16. The zero-order chi connectivity index (χ0) is 32.8. The van der Waals surface area contributed by atoms with Gasteiger partial charge >= 0.3 is 12.1 Å². The zero-order valence-corrected chi connectivity index (χ0v) is 26.3. The Morgan fingerprint density at radius 2 is 1.65 bits per heavy atom. The predicted octanol–water partition coefficient (Wildman–Crippen LogP) is 5.88. The van der Waals surface area contributed by atoms with Gasteiger partial charge in [-0.25, -0.2) is 9.59 Å². The summed E-state index contributed by atoms with van der Waals surface area (Å²) in [6.45, 7) is 3.94. The van der Waals surface area contributed by atoms with Crippen molar-refractivity contribution in [1.29, 1.82) is 0 Å². The molecule has 1 aliphatic heterocycles. The standard InChI is InChI=1S/C35H39N5O6/c1-22-19-40(23(2)21-41)33(42)28-12-8-14-30(38-34(43)37-29-13-7-10-24-9-5-6-11-27(24)29)32(28)46-31(22)20-39(3)35(44)36-25-15-17-26(45-4)18-16-25/h5-18,22-23,31,41H,19-21H2,1-4H3,(H,36,44)(H2,37,38,43)/t22-,23-,31+/m1/s1. The molecule has 4 aromatic carbocycles. The maximum atomic E-state index is 13.8. The van der Waals surface area contributed by atoms with E-state index in [0.717, 1.165) is 10.8 Å². The number of urea groups is 2. The summed E-state index contributed by atoms with van der Waals surface area (Å²) >= 11 is 0. The zero-order valence-electron chi connectivity index (χ0n) is 26.3. The monoisotopic (exact) mass is 625 g/mol. The lowest BCUT2D eigenvalue weighted by Crippen LogP contribution is -2.50. The fourth-order valence-electron chi connectivity index (χ4n) is 5.42. The van der Waals surface area contributed by atoms with Crippen LogP contribution in [-0.4, -0.2) is 78.9 Å². The molecule has 0 bridgehead atoms. The molecule has 4 aromatic rings. The van der Waals surface area contributed by atoms with Crippen molar-refractivity contribution in [2.24, 2.45) is 5.92 Å². The molecule has 11 heteroatoms. The van der Waals surface area contributed by atoms with E-state index in [-0.39, 0.29) is 48.9 Å². The molecule has 1 aliphatic rings. The Labute approximate surface area is 268 Å². The second-order valence-corrected chi connectivity index (χ2v) is 11.4. The van der Waals surface area contributed by atoms with E-state index in [2.05, 4.69) is 16.0 Å². The molecule has 0 spiro atoms. The van der Waals surface area contributed by atoms with E-state index in [9.17, 15) is 19.5 Å². The molecule has 3 atom stereocenters. The smallest absolute Gasteiger partial charge is 0.323 e. The average molecular weight is 626 g/mol. The van der Waals surface area contributed by atoms with Crippen LogP contribution >= 0.6 is 0 Å². The quantitative estimate of drug-likeness (QED) is 0.194. The SMILES string of the molecule is COc1ccc(NC(=O)N(C)C[C@@H]2Oc3c(NC(=O)Nc4cccc5ccccc45)cccc3C(=O)N([C@H](C)CO)C[C@H]2C)cc1. The summed E-state index contributed by atoms with van der Waals surface area (Å²) < 4.78 is 11.7. The summed E-state index contributed by atoms with van der Waals surface area (Å²) in [4.78, 5) is 43.4. The van der Waals surface area contributed by atoms with Crippen LogP contribution in [0.5, 0.6) is 11.5 Å². The number of fused-ring (bicyclic) bond motifs is 2. The largest absolute Gasteiger partial charge is 0.497 e. The molecule has 1 heterocycles. The number of carbonyl (C=O) groups excluding carboxylic acids is 3. The van der Waals surface area contributed by atoms with Crippen LogP contribution in [-0.2, 0) is 0 Å². The highest BCUT2D eigenvalue weighted by Gasteiger charge is 2.35. The highest BCUT2D eigenvalue weighted by molar-refractivity contribution is 6.08. The number of ether oxygens (including phenoxy) is 2. The first-order chi connectivity index (χ1) is 22.2. The Bertz CT molecular complexity index is 1710. The molecular formula is C35H39N5O6. The predicted molar refractivity (Wildman–Crippen MR) is 179 cm³/mol. The van der Waals surface area contributed by atoms with E-state index < -0.39 is 18.2 Å². The topological polar surface area (TPSA) is 132 Å². The summed E-state index contributed by atoms with van der Waals surface area (Å²) in [6, 6.07) is 24.0. The van der Waals surface area contributed by atoms with Crippen molar-refractivity contribution in [1.82, 2.24) is 9.80 Å². The second-order valence-electron chi connectivity index (χ2n) is 11.4. The van der Waals surface area contributed by atoms with E-state index in [1.165, 1.54) is 4.90 Å². The summed E-state index contributed by atoms with van der Waals surface area (Å²) in [6.07, 6.45) is -0.573. The summed E-state index contributed by atoms with van der Waals surface area (Å²) in [5.41, 5.74) is 1.77. The lowest BCUT2D eigenvalue weighted by Gasteiger charge is -2.38. The Kier molecular flexibility index (Phi) is 9.92. The Hall–Kier alpha value is -5.29. The molecule has 0 fully saturated rings. The summed E-state index contributed by atoms with van der Waals surface area (Å²) in [5.74, 6) is 0.287. The number of nitrogens with one attached hydrogen (secondary N) is 3. The molecule has 11 nitrogen and oxygen atoms in total. The van der Waals surface area contributed by atoms with Gasteiger partial charge in [0.05, 0.1) is 43.2 Å². The molecule has 5 rings (SSSR count). The Balaban J connectivity index is 1.41. The number of anilines is 3. The van der Waals surface area contributed by atoms with Gasteiger partial charge in [0.15, 0.2) is 5.75 Å². The van der Waals surface area contributed by atoms with Crippen molar-refractivity contribution in [3.8, 4) is 11.5 Å². The lowest BCUT2D eigenvalue weighted by molar-refractivity contribution is 0.0373. The Morgan fingerprint density at radius 1 is 0.978 bits per heavy atom. The first-order valence-electron chi connectivity index (χ1n) is 15.1. The maximum Gasteiger partial charge on any atom is 0.323 e. The minimum Gasteiger partial charge on any atom is -0.497 e. The number of likely N-dealkylation sites (N-methyl/N-ethyl adjacent to an activating group) is 1. The highest BCUT2D eigenvalue weighted by atomic mass is 16.5. The number of methoxy groups -OCH3 is 1. The minimum atomic E-state index is -0.573. The van der Waals surface area contributed by atoms with Crippen molar-refractivity contribution in [3.05, 3.63) is 90.5 Å². The van der Waals surface area contributed by atoms with Crippen molar-refractivity contribution in [2.75, 3.05) is 49.8 Å². The molecular weight excluding hydrogens is 586 g/mol. The van der Waals surface area contributed by atoms with Crippen molar-refractivity contribution >= 4 is 45.8 Å². The fraction of sp³-hybridized carbons (Fsp3) is 0.286. The summed E-state index contributed by atoms with van der Waals surface area (Å²) in [5, 5.41) is 20.5. The van der Waals surface area contributed by atoms with Gasteiger partial charge < -0.3 is 40.3 Å². The number of carbonyl (C=O) groups is 3. The van der Waals surface area contributed by atoms with E-state index in [4.69, 9.17) is 9.47 Å². The second kappa shape index (κ2) is 14.2. The van der Waals surface area contributed by atoms with Crippen LogP contribution in [0.15, 0.2) is 84.9 Å². The van der Waals surface area contributed by atoms with Crippen LogP contribution in [0.2, 0.25) is 0 Å². The van der Waals surface area contributed by atoms with Crippen LogP contribution in [0.4, 0.5) is 26.7 Å². The number of aliphatic hydroxyl groups is 1. The molecule has 46 heavy (non-hydrogen) atoms. The summed E-state index contributed by atoms with van der Waals surface area (Å²) in [7, 11) is 3.24. The van der Waals surface area contributed by atoms with Crippen LogP contribution in [0.25, 0.3) is 10.8 Å². The van der Waals surface area contributed by atoms with Gasteiger partial charge in [0.2, 0.25) is 0 Å². The first-order valence-corrected chi connectivity index (χ1v) is 15.1. The number of aliphatic hydroxyl groups excluding tert-OH is 1. The maximum absolute atomic E-state index is 13.8. The molecule has 0 saturated heterocycles. The van der Waals surface area contributed by atoms with Gasteiger partial charge in [0.1, 0.15) is 11.9 Å². The van der Waals surface area contributed by atoms with Crippen molar-refractivity contribution < 1.29 is 29.0 Å². The van der Waals surface area contributed by atoms with Crippen LogP contribution in [0.3, 0.4) is 0 Å². The highest BCUT2D eigenvalue weighted by Crippen LogP contribution is 2.35. The van der Waals surface area contributed by atoms with Gasteiger partial charge in [-0.2, -0.15) is 0 Å². The van der Waals surface area contributed by atoms with Gasteiger partial charge in [-0.15, -0.1) is 0 Å². The lowest BCUT2D eigenvalue weighted by atomic mass is 9.99. The fourth-order valence-corrected chi connectivity index (χ4v) is 5.42. The van der Waals surface area contributed by atoms with Crippen molar-refractivity contribution in [2.45, 2.75) is 26.0 Å². The number of nitrogens with zero attached hydrogens (tertiary/aromatic N) is 2. The molecule has 0 radical (unpaired) electrons. The van der Waals surface area contributed by atoms with Crippen LogP contribution in [0, 0.1) is 5.92 Å². The molecule has 4 N–H and O–H groups in total. The molecule has 0 unspecified atom stereocenters. The van der Waals surface area contributed by atoms with Gasteiger partial charge in [0.25, 0.3) is 5.91 Å².